The Bertz CT molecular complexity index is 319. The summed E-state index contributed by atoms with van der Waals surface area (Å²) in [6.45, 7) is 4.12. The second-order valence-electron chi connectivity index (χ2n) is 6.68. The third-order valence-corrected chi connectivity index (χ3v) is 5.57. The van der Waals surface area contributed by atoms with Gasteiger partial charge in [0.25, 0.3) is 0 Å². The molecule has 0 radical (unpaired) electrons. The topological polar surface area (TPSA) is 41.1 Å². The summed E-state index contributed by atoms with van der Waals surface area (Å²) >= 11 is 0. The summed E-state index contributed by atoms with van der Waals surface area (Å²) in [5.74, 6) is 2.93. The maximum atomic E-state index is 12.2. The Morgan fingerprint density at radius 1 is 1.16 bits per heavy atom. The van der Waals surface area contributed by atoms with Crippen LogP contribution in [0, 0.1) is 23.7 Å². The summed E-state index contributed by atoms with van der Waals surface area (Å²) in [5, 5.41) is 6.56. The van der Waals surface area contributed by atoms with Crippen LogP contribution in [0.4, 0.5) is 0 Å². The Hall–Kier alpha value is -0.280. The second kappa shape index (κ2) is 6.45. The smallest absolute Gasteiger partial charge is 0.223 e. The first-order valence-electron chi connectivity index (χ1n) is 7.75. The van der Waals surface area contributed by atoms with Gasteiger partial charge in [-0.3, -0.25) is 4.79 Å². The van der Waals surface area contributed by atoms with E-state index in [0.29, 0.717) is 17.9 Å². The van der Waals surface area contributed by atoms with Crippen LogP contribution in [0.3, 0.4) is 0 Å². The van der Waals surface area contributed by atoms with Crippen LogP contribution in [0.5, 0.6) is 0 Å². The van der Waals surface area contributed by atoms with Crippen molar-refractivity contribution in [2.24, 2.45) is 23.7 Å². The number of rotatable bonds is 3. The average molecular weight is 287 g/mol. The lowest BCUT2D eigenvalue weighted by atomic mass is 9.79. The highest BCUT2D eigenvalue weighted by atomic mass is 35.5. The first-order chi connectivity index (χ1) is 8.74. The van der Waals surface area contributed by atoms with E-state index in [-0.39, 0.29) is 18.3 Å². The van der Waals surface area contributed by atoms with E-state index < -0.39 is 0 Å². The second-order valence-corrected chi connectivity index (χ2v) is 6.68. The van der Waals surface area contributed by atoms with Gasteiger partial charge in [-0.2, -0.15) is 0 Å². The van der Waals surface area contributed by atoms with E-state index in [1.54, 1.807) is 0 Å². The van der Waals surface area contributed by atoms with Gasteiger partial charge in [0.2, 0.25) is 5.91 Å². The molecule has 0 spiro atoms. The minimum Gasteiger partial charge on any atom is -0.353 e. The quantitative estimate of drug-likeness (QED) is 0.836. The summed E-state index contributed by atoms with van der Waals surface area (Å²) in [6.07, 6.45) is 8.05. The predicted octanol–water partition coefficient (Wildman–Crippen LogP) is 2.35. The molecule has 0 aromatic rings. The molecule has 0 aromatic carbocycles. The Morgan fingerprint density at radius 2 is 1.89 bits per heavy atom. The zero-order chi connectivity index (χ0) is 12.5. The predicted molar refractivity (Wildman–Crippen MR) is 79.4 cm³/mol. The first-order valence-corrected chi connectivity index (χ1v) is 7.75. The van der Waals surface area contributed by atoms with Gasteiger partial charge < -0.3 is 10.6 Å². The molecule has 2 saturated carbocycles. The molecule has 1 amide bonds. The van der Waals surface area contributed by atoms with Gasteiger partial charge in [-0.25, -0.2) is 0 Å². The number of fused-ring (bicyclic) bond motifs is 1. The molecule has 3 nitrogen and oxygen atoms in total. The fourth-order valence-electron chi connectivity index (χ4n) is 4.04. The number of carbonyl (C=O) groups is 1. The molecule has 3 aliphatic rings. The Morgan fingerprint density at radius 3 is 2.58 bits per heavy atom. The van der Waals surface area contributed by atoms with E-state index in [9.17, 15) is 4.79 Å². The highest BCUT2D eigenvalue weighted by Gasteiger charge is 2.35. The van der Waals surface area contributed by atoms with Gasteiger partial charge in [0, 0.05) is 12.0 Å². The maximum Gasteiger partial charge on any atom is 0.223 e. The monoisotopic (exact) mass is 286 g/mol. The highest BCUT2D eigenvalue weighted by molar-refractivity contribution is 5.85. The highest BCUT2D eigenvalue weighted by Crippen LogP contribution is 2.42. The third-order valence-electron chi connectivity index (χ3n) is 5.57. The Labute approximate surface area is 122 Å². The van der Waals surface area contributed by atoms with Gasteiger partial charge >= 0.3 is 0 Å². The minimum atomic E-state index is 0. The summed E-state index contributed by atoms with van der Waals surface area (Å²) < 4.78 is 0. The lowest BCUT2D eigenvalue weighted by Gasteiger charge is -2.35. The van der Waals surface area contributed by atoms with E-state index in [4.69, 9.17) is 0 Å². The van der Waals surface area contributed by atoms with Gasteiger partial charge in [-0.1, -0.05) is 26.2 Å². The first kappa shape index (κ1) is 15.1. The molecule has 19 heavy (non-hydrogen) atoms. The van der Waals surface area contributed by atoms with Crippen molar-refractivity contribution in [2.75, 3.05) is 13.1 Å². The Balaban J connectivity index is 0.00000133. The lowest BCUT2D eigenvalue weighted by molar-refractivity contribution is -0.127. The molecular formula is C15H27ClN2O. The summed E-state index contributed by atoms with van der Waals surface area (Å²) in [4.78, 5) is 12.2. The van der Waals surface area contributed by atoms with Crippen molar-refractivity contribution in [3.05, 3.63) is 0 Å². The molecule has 0 aromatic heterocycles. The van der Waals surface area contributed by atoms with E-state index in [1.165, 1.54) is 38.5 Å². The van der Waals surface area contributed by atoms with Gasteiger partial charge in [0.15, 0.2) is 0 Å². The van der Waals surface area contributed by atoms with Crippen LogP contribution in [0.1, 0.15) is 45.4 Å². The molecule has 4 heteroatoms. The molecule has 1 saturated heterocycles. The van der Waals surface area contributed by atoms with E-state index in [0.717, 1.165) is 24.9 Å². The summed E-state index contributed by atoms with van der Waals surface area (Å²) in [6, 6.07) is 0.465. The van der Waals surface area contributed by atoms with Crippen molar-refractivity contribution in [1.29, 1.82) is 0 Å². The zero-order valence-corrected chi connectivity index (χ0v) is 12.7. The van der Waals surface area contributed by atoms with Crippen molar-refractivity contribution in [2.45, 2.75) is 51.5 Å². The van der Waals surface area contributed by atoms with Crippen LogP contribution < -0.4 is 10.6 Å². The van der Waals surface area contributed by atoms with Gasteiger partial charge in [0.05, 0.1) is 0 Å². The number of amides is 1. The molecule has 110 valence electrons. The molecule has 4 atom stereocenters. The number of halogens is 1. The molecule has 0 bridgehead atoms. The number of nitrogens with one attached hydrogen (secondary N) is 2. The number of hydrogen-bond acceptors (Lipinski definition) is 2. The van der Waals surface area contributed by atoms with Crippen LogP contribution in [-0.4, -0.2) is 25.0 Å². The van der Waals surface area contributed by atoms with E-state index >= 15 is 0 Å². The fourth-order valence-corrected chi connectivity index (χ4v) is 4.04. The molecule has 1 heterocycles. The van der Waals surface area contributed by atoms with Crippen LogP contribution >= 0.6 is 12.4 Å². The summed E-state index contributed by atoms with van der Waals surface area (Å²) in [7, 11) is 0. The van der Waals surface area contributed by atoms with Crippen LogP contribution in [-0.2, 0) is 4.79 Å². The zero-order valence-electron chi connectivity index (χ0n) is 11.9. The molecule has 2 aliphatic carbocycles. The lowest BCUT2D eigenvalue weighted by Crippen LogP contribution is -2.51. The van der Waals surface area contributed by atoms with Crippen molar-refractivity contribution >= 4 is 18.3 Å². The third kappa shape index (κ3) is 3.25. The van der Waals surface area contributed by atoms with Crippen molar-refractivity contribution in [3.63, 3.8) is 0 Å². The van der Waals surface area contributed by atoms with Crippen LogP contribution in [0.15, 0.2) is 0 Å². The Kier molecular flexibility index (Phi) is 5.13. The molecule has 1 aliphatic heterocycles. The molecule has 3 rings (SSSR count). The molecule has 4 unspecified atom stereocenters. The molecular weight excluding hydrogens is 260 g/mol. The molecule has 2 N–H and O–H groups in total. The number of carbonyl (C=O) groups excluding carboxylic acids is 1. The van der Waals surface area contributed by atoms with Crippen molar-refractivity contribution in [3.8, 4) is 0 Å². The van der Waals surface area contributed by atoms with Crippen LogP contribution in [0.2, 0.25) is 0 Å². The van der Waals surface area contributed by atoms with Crippen LogP contribution in [0.25, 0.3) is 0 Å². The largest absolute Gasteiger partial charge is 0.353 e. The van der Waals surface area contributed by atoms with Crippen molar-refractivity contribution in [1.82, 2.24) is 10.6 Å². The van der Waals surface area contributed by atoms with Gasteiger partial charge in [0.1, 0.15) is 0 Å². The van der Waals surface area contributed by atoms with Gasteiger partial charge in [-0.15, -0.1) is 12.4 Å². The van der Waals surface area contributed by atoms with Crippen molar-refractivity contribution < 1.29 is 4.79 Å². The average Bonchev–Trinajstić information content (AvgIpc) is 2.73. The SMILES string of the molecule is CC(C(=O)NC1CCC2CCCC2C1)C1CNC1.Cl. The standard InChI is InChI=1S/C15H26N2O.ClH/c1-10(13-8-16-9-13)15(18)17-14-6-5-11-3-2-4-12(11)7-14;/h10-14,16H,2-9H2,1H3,(H,17,18);1H. The van der Waals surface area contributed by atoms with E-state index in [2.05, 4.69) is 17.6 Å². The fraction of sp³-hybridized carbons (Fsp3) is 0.933. The molecule has 3 fully saturated rings. The maximum absolute atomic E-state index is 12.2. The number of hydrogen-bond donors (Lipinski definition) is 2. The van der Waals surface area contributed by atoms with E-state index in [1.807, 2.05) is 0 Å². The minimum absolute atomic E-state index is 0. The summed E-state index contributed by atoms with van der Waals surface area (Å²) in [5.41, 5.74) is 0. The normalized spacial score (nSPS) is 35.7. The van der Waals surface area contributed by atoms with Gasteiger partial charge in [-0.05, 0) is 50.1 Å².